The van der Waals surface area contributed by atoms with Gasteiger partial charge in [0, 0.05) is 27.4 Å². The average molecular weight is 368 g/mol. The maximum atomic E-state index is 6.35. The molecule has 0 fully saturated rings. The Morgan fingerprint density at radius 3 is 2.71 bits per heavy atom. The molecule has 0 aliphatic carbocycles. The molecular weight excluding hydrogens is 348 g/mol. The molecule has 1 aromatic carbocycles. The highest BCUT2D eigenvalue weighted by Crippen LogP contribution is 2.26. The Bertz CT molecular complexity index is 584. The zero-order chi connectivity index (χ0) is 15.2. The van der Waals surface area contributed by atoms with E-state index >= 15 is 0 Å². The van der Waals surface area contributed by atoms with E-state index < -0.39 is 0 Å². The lowest BCUT2D eigenvalue weighted by atomic mass is 9.99. The monoisotopic (exact) mass is 366 g/mol. The molecule has 0 spiro atoms. The van der Waals surface area contributed by atoms with Gasteiger partial charge in [-0.1, -0.05) is 46.6 Å². The third-order valence-corrected chi connectivity index (χ3v) is 4.26. The van der Waals surface area contributed by atoms with Crippen LogP contribution in [-0.2, 0) is 6.42 Å². The van der Waals surface area contributed by atoms with Crippen molar-refractivity contribution in [2.75, 3.05) is 6.54 Å². The van der Waals surface area contributed by atoms with Crippen molar-refractivity contribution in [3.8, 4) is 0 Å². The fourth-order valence-electron chi connectivity index (χ4n) is 2.22. The van der Waals surface area contributed by atoms with Crippen LogP contribution in [-0.4, -0.2) is 11.5 Å². The summed E-state index contributed by atoms with van der Waals surface area (Å²) >= 11 is 9.79. The quantitative estimate of drug-likeness (QED) is 0.769. The van der Waals surface area contributed by atoms with Gasteiger partial charge in [-0.3, -0.25) is 4.98 Å². The first kappa shape index (κ1) is 16.5. The highest BCUT2D eigenvalue weighted by molar-refractivity contribution is 9.10. The molecular formula is C17H20BrClN2. The molecule has 0 amide bonds. The molecule has 1 atom stereocenters. The minimum Gasteiger partial charge on any atom is -0.310 e. The Balaban J connectivity index is 2.21. The third-order valence-electron chi connectivity index (χ3n) is 3.42. The van der Waals surface area contributed by atoms with E-state index in [9.17, 15) is 0 Å². The Morgan fingerprint density at radius 2 is 2.10 bits per heavy atom. The molecule has 0 bridgehead atoms. The molecule has 0 aliphatic rings. The smallest absolute Gasteiger partial charge is 0.0449 e. The van der Waals surface area contributed by atoms with E-state index in [1.165, 1.54) is 5.56 Å². The summed E-state index contributed by atoms with van der Waals surface area (Å²) in [5, 5.41) is 4.38. The number of benzene rings is 1. The third kappa shape index (κ3) is 4.80. The summed E-state index contributed by atoms with van der Waals surface area (Å²) in [7, 11) is 0. The van der Waals surface area contributed by atoms with Gasteiger partial charge < -0.3 is 5.32 Å². The van der Waals surface area contributed by atoms with Crippen LogP contribution in [0.15, 0.2) is 41.0 Å². The fraction of sp³-hybridized carbons (Fsp3) is 0.353. The van der Waals surface area contributed by atoms with E-state index in [1.807, 2.05) is 25.3 Å². The summed E-state index contributed by atoms with van der Waals surface area (Å²) in [6.45, 7) is 5.15. The summed E-state index contributed by atoms with van der Waals surface area (Å²) in [6.07, 6.45) is 3.91. The number of hydrogen-bond donors (Lipinski definition) is 1. The van der Waals surface area contributed by atoms with Crippen LogP contribution in [0.2, 0.25) is 5.02 Å². The molecule has 4 heteroatoms. The molecule has 1 unspecified atom stereocenters. The van der Waals surface area contributed by atoms with Crippen LogP contribution in [0.1, 0.15) is 36.2 Å². The molecule has 0 radical (unpaired) electrons. The molecule has 0 saturated carbocycles. The number of pyridine rings is 1. The highest BCUT2D eigenvalue weighted by atomic mass is 79.9. The van der Waals surface area contributed by atoms with E-state index in [1.54, 1.807) is 0 Å². The maximum absolute atomic E-state index is 6.35. The topological polar surface area (TPSA) is 24.9 Å². The molecule has 2 nitrogen and oxygen atoms in total. The molecule has 2 rings (SSSR count). The van der Waals surface area contributed by atoms with Gasteiger partial charge in [-0.05, 0) is 55.6 Å². The van der Waals surface area contributed by atoms with Crippen molar-refractivity contribution in [1.82, 2.24) is 10.3 Å². The summed E-state index contributed by atoms with van der Waals surface area (Å²) in [5.41, 5.74) is 3.39. The van der Waals surface area contributed by atoms with Crippen molar-refractivity contribution in [3.05, 3.63) is 62.8 Å². The number of aryl methyl sites for hydroxylation is 1. The van der Waals surface area contributed by atoms with Gasteiger partial charge in [0.05, 0.1) is 0 Å². The van der Waals surface area contributed by atoms with Crippen molar-refractivity contribution in [2.24, 2.45) is 0 Å². The average Bonchev–Trinajstić information content (AvgIpc) is 2.46. The Morgan fingerprint density at radius 1 is 1.29 bits per heavy atom. The first-order valence-electron chi connectivity index (χ1n) is 7.20. The van der Waals surface area contributed by atoms with E-state index in [4.69, 9.17) is 11.6 Å². The second-order valence-electron chi connectivity index (χ2n) is 5.18. The predicted octanol–water partition coefficient (Wildman–Crippen LogP) is 5.09. The van der Waals surface area contributed by atoms with Gasteiger partial charge in [-0.15, -0.1) is 0 Å². The summed E-state index contributed by atoms with van der Waals surface area (Å²) in [5.74, 6) is 0. The van der Waals surface area contributed by atoms with E-state index in [0.717, 1.165) is 40.1 Å². The Hall–Kier alpha value is -0.900. The lowest BCUT2D eigenvalue weighted by molar-refractivity contribution is 0.528. The normalized spacial score (nSPS) is 12.4. The van der Waals surface area contributed by atoms with Gasteiger partial charge in [0.15, 0.2) is 0 Å². The fourth-order valence-corrected chi connectivity index (χ4v) is 2.97. The second kappa shape index (κ2) is 7.92. The van der Waals surface area contributed by atoms with Crippen LogP contribution in [0, 0.1) is 6.92 Å². The predicted molar refractivity (Wildman–Crippen MR) is 92.9 cm³/mol. The van der Waals surface area contributed by atoms with Crippen LogP contribution >= 0.6 is 27.5 Å². The largest absolute Gasteiger partial charge is 0.310 e. The Kier molecular flexibility index (Phi) is 6.22. The van der Waals surface area contributed by atoms with Gasteiger partial charge in [-0.25, -0.2) is 0 Å². The molecule has 112 valence electrons. The number of rotatable bonds is 6. The zero-order valence-corrected chi connectivity index (χ0v) is 14.7. The highest BCUT2D eigenvalue weighted by Gasteiger charge is 2.14. The van der Waals surface area contributed by atoms with Crippen LogP contribution in [0.25, 0.3) is 0 Å². The zero-order valence-electron chi connectivity index (χ0n) is 12.4. The number of nitrogens with one attached hydrogen (secondary N) is 1. The van der Waals surface area contributed by atoms with Crippen molar-refractivity contribution in [1.29, 1.82) is 0 Å². The first-order chi connectivity index (χ1) is 10.1. The second-order valence-corrected chi connectivity index (χ2v) is 6.50. The lowest BCUT2D eigenvalue weighted by Crippen LogP contribution is -2.24. The molecule has 1 N–H and O–H groups in total. The van der Waals surface area contributed by atoms with Crippen LogP contribution in [0.5, 0.6) is 0 Å². The van der Waals surface area contributed by atoms with Gasteiger partial charge in [0.2, 0.25) is 0 Å². The minimum absolute atomic E-state index is 0.233. The number of nitrogens with zero attached hydrogens (tertiary/aromatic N) is 1. The number of halogens is 2. The summed E-state index contributed by atoms with van der Waals surface area (Å²) in [6, 6.07) is 10.5. The minimum atomic E-state index is 0.233. The van der Waals surface area contributed by atoms with Gasteiger partial charge in [0.25, 0.3) is 0 Å². The molecule has 0 aliphatic heterocycles. The maximum Gasteiger partial charge on any atom is 0.0449 e. The molecule has 1 aromatic heterocycles. The van der Waals surface area contributed by atoms with E-state index in [-0.39, 0.29) is 6.04 Å². The number of hydrogen-bond acceptors (Lipinski definition) is 2. The first-order valence-corrected chi connectivity index (χ1v) is 8.37. The Labute approximate surface area is 140 Å². The van der Waals surface area contributed by atoms with Crippen molar-refractivity contribution in [2.45, 2.75) is 32.7 Å². The summed E-state index contributed by atoms with van der Waals surface area (Å²) < 4.78 is 1.01. The van der Waals surface area contributed by atoms with Crippen LogP contribution in [0.3, 0.4) is 0 Å². The van der Waals surface area contributed by atoms with Gasteiger partial charge in [-0.2, -0.15) is 0 Å². The van der Waals surface area contributed by atoms with Crippen molar-refractivity contribution in [3.63, 3.8) is 0 Å². The van der Waals surface area contributed by atoms with Crippen molar-refractivity contribution < 1.29 is 0 Å². The molecule has 1 heterocycles. The molecule has 21 heavy (non-hydrogen) atoms. The molecule has 2 aromatic rings. The lowest BCUT2D eigenvalue weighted by Gasteiger charge is -2.20. The van der Waals surface area contributed by atoms with E-state index in [0.29, 0.717) is 0 Å². The SMILES string of the molecule is CCCNC(Cc1ccc(Br)cc1Cl)c1ccc(C)nc1. The van der Waals surface area contributed by atoms with Gasteiger partial charge in [0.1, 0.15) is 0 Å². The number of aromatic nitrogens is 1. The van der Waals surface area contributed by atoms with Crippen LogP contribution in [0.4, 0.5) is 0 Å². The van der Waals surface area contributed by atoms with Crippen LogP contribution < -0.4 is 5.32 Å². The van der Waals surface area contributed by atoms with E-state index in [2.05, 4.69) is 51.4 Å². The standard InChI is InChI=1S/C17H20BrClN2/c1-3-8-20-17(14-5-4-12(2)21-11-14)9-13-6-7-15(18)10-16(13)19/h4-7,10-11,17,20H,3,8-9H2,1-2H3. The summed E-state index contributed by atoms with van der Waals surface area (Å²) in [4.78, 5) is 4.41. The van der Waals surface area contributed by atoms with Crippen molar-refractivity contribution >= 4 is 27.5 Å². The van der Waals surface area contributed by atoms with Gasteiger partial charge >= 0.3 is 0 Å². The molecule has 0 saturated heterocycles.